The zero-order chi connectivity index (χ0) is 17.7. The van der Waals surface area contributed by atoms with Crippen LogP contribution in [-0.2, 0) is 0 Å². The van der Waals surface area contributed by atoms with Crippen LogP contribution < -0.4 is 4.74 Å². The van der Waals surface area contributed by atoms with Crippen LogP contribution in [0.15, 0.2) is 42.5 Å². The molecule has 0 N–H and O–H groups in total. The molecule has 1 unspecified atom stereocenters. The van der Waals surface area contributed by atoms with Crippen LogP contribution in [-0.4, -0.2) is 24.5 Å². The summed E-state index contributed by atoms with van der Waals surface area (Å²) in [4.78, 5) is 14.7. The number of nitriles is 1. The van der Waals surface area contributed by atoms with Gasteiger partial charge in [0, 0.05) is 12.1 Å². The lowest BCUT2D eigenvalue weighted by Crippen LogP contribution is -2.33. The lowest BCUT2D eigenvalue weighted by atomic mass is 10.0. The highest BCUT2D eigenvalue weighted by molar-refractivity contribution is 5.95. The van der Waals surface area contributed by atoms with E-state index in [1.165, 1.54) is 0 Å². The topological polar surface area (TPSA) is 53.3 Å². The summed E-state index contributed by atoms with van der Waals surface area (Å²) in [5.74, 6) is 0.676. The number of amides is 1. The van der Waals surface area contributed by atoms with Crippen molar-refractivity contribution in [3.05, 3.63) is 64.7 Å². The molecule has 0 aliphatic carbocycles. The second kappa shape index (κ2) is 7.65. The molecular weight excluding hydrogens is 300 g/mol. The molecule has 0 heterocycles. The summed E-state index contributed by atoms with van der Waals surface area (Å²) in [6, 6.07) is 14.9. The van der Waals surface area contributed by atoms with Gasteiger partial charge in [0.2, 0.25) is 0 Å². The Balaban J connectivity index is 2.29. The van der Waals surface area contributed by atoms with Gasteiger partial charge in [-0.3, -0.25) is 4.79 Å². The predicted molar refractivity (Wildman–Crippen MR) is 94.0 cm³/mol. The summed E-state index contributed by atoms with van der Waals surface area (Å²) in [7, 11) is 1.60. The van der Waals surface area contributed by atoms with Gasteiger partial charge < -0.3 is 9.64 Å². The third kappa shape index (κ3) is 3.57. The van der Waals surface area contributed by atoms with E-state index < -0.39 is 0 Å². The number of nitrogens with zero attached hydrogens (tertiary/aromatic N) is 2. The minimum Gasteiger partial charge on any atom is -0.496 e. The van der Waals surface area contributed by atoms with Gasteiger partial charge in [0.25, 0.3) is 5.91 Å². The van der Waals surface area contributed by atoms with Crippen molar-refractivity contribution in [3.63, 3.8) is 0 Å². The highest BCUT2D eigenvalue weighted by atomic mass is 16.5. The molecule has 24 heavy (non-hydrogen) atoms. The van der Waals surface area contributed by atoms with Gasteiger partial charge in [-0.15, -0.1) is 0 Å². The number of carbonyl (C=O) groups is 1. The zero-order valence-electron chi connectivity index (χ0n) is 14.5. The van der Waals surface area contributed by atoms with Crippen molar-refractivity contribution in [1.29, 1.82) is 5.26 Å². The Morgan fingerprint density at radius 3 is 2.46 bits per heavy atom. The highest BCUT2D eigenvalue weighted by Gasteiger charge is 2.22. The van der Waals surface area contributed by atoms with Crippen molar-refractivity contribution >= 4 is 5.91 Å². The average molecular weight is 322 g/mol. The van der Waals surface area contributed by atoms with E-state index in [2.05, 4.69) is 6.07 Å². The Morgan fingerprint density at radius 1 is 1.25 bits per heavy atom. The fourth-order valence-corrected chi connectivity index (χ4v) is 2.73. The van der Waals surface area contributed by atoms with Gasteiger partial charge in [-0.05, 0) is 56.2 Å². The smallest absolute Gasteiger partial charge is 0.254 e. The largest absolute Gasteiger partial charge is 0.496 e. The van der Waals surface area contributed by atoms with Crippen molar-refractivity contribution in [2.75, 3.05) is 13.7 Å². The Hall–Kier alpha value is -2.80. The maximum Gasteiger partial charge on any atom is 0.254 e. The molecule has 0 radical (unpaired) electrons. The molecule has 1 atom stereocenters. The highest BCUT2D eigenvalue weighted by Crippen LogP contribution is 2.25. The molecule has 2 aromatic carbocycles. The van der Waals surface area contributed by atoms with Gasteiger partial charge in [0.05, 0.1) is 24.8 Å². The first-order chi connectivity index (χ1) is 11.5. The van der Waals surface area contributed by atoms with Gasteiger partial charge >= 0.3 is 0 Å². The minimum absolute atomic E-state index is 0.0346. The number of ether oxygens (including phenoxy) is 1. The molecule has 2 rings (SSSR count). The van der Waals surface area contributed by atoms with Crippen molar-refractivity contribution in [2.24, 2.45) is 0 Å². The van der Waals surface area contributed by atoms with E-state index in [1.54, 1.807) is 25.3 Å². The summed E-state index contributed by atoms with van der Waals surface area (Å²) in [6.45, 7) is 6.50. The van der Waals surface area contributed by atoms with Gasteiger partial charge in [0.15, 0.2) is 0 Å². The van der Waals surface area contributed by atoms with E-state index in [0.717, 1.165) is 11.1 Å². The van der Waals surface area contributed by atoms with Gasteiger partial charge in [-0.1, -0.05) is 18.2 Å². The summed E-state index contributed by atoms with van der Waals surface area (Å²) in [6.07, 6.45) is 0. The molecule has 0 spiro atoms. The van der Waals surface area contributed by atoms with Crippen molar-refractivity contribution in [1.82, 2.24) is 4.90 Å². The molecule has 124 valence electrons. The number of carbonyl (C=O) groups excluding carboxylic acids is 1. The molecule has 0 aliphatic rings. The number of benzene rings is 2. The third-order valence-electron chi connectivity index (χ3n) is 4.25. The molecule has 1 amide bonds. The molecule has 0 aliphatic heterocycles. The summed E-state index contributed by atoms with van der Waals surface area (Å²) >= 11 is 0. The van der Waals surface area contributed by atoms with E-state index in [-0.39, 0.29) is 11.9 Å². The monoisotopic (exact) mass is 322 g/mol. The van der Waals surface area contributed by atoms with Crippen LogP contribution in [0.4, 0.5) is 0 Å². The van der Waals surface area contributed by atoms with Crippen LogP contribution >= 0.6 is 0 Å². The fraction of sp³-hybridized carbons (Fsp3) is 0.300. The van der Waals surface area contributed by atoms with Crippen LogP contribution in [0.3, 0.4) is 0 Å². The van der Waals surface area contributed by atoms with Crippen molar-refractivity contribution in [3.8, 4) is 11.8 Å². The number of rotatable bonds is 5. The molecule has 4 nitrogen and oxygen atoms in total. The number of hydrogen-bond donors (Lipinski definition) is 0. The van der Waals surface area contributed by atoms with E-state index in [4.69, 9.17) is 10.00 Å². The maximum absolute atomic E-state index is 12.9. The summed E-state index contributed by atoms with van der Waals surface area (Å²) in [5.41, 5.74) is 3.23. The predicted octanol–water partition coefficient (Wildman–Crippen LogP) is 4.10. The van der Waals surface area contributed by atoms with Gasteiger partial charge in [-0.25, -0.2) is 0 Å². The van der Waals surface area contributed by atoms with E-state index in [9.17, 15) is 4.79 Å². The van der Waals surface area contributed by atoms with Crippen LogP contribution in [0.1, 0.15) is 46.9 Å². The second-order valence-corrected chi connectivity index (χ2v) is 5.69. The first-order valence-corrected chi connectivity index (χ1v) is 7.97. The Bertz CT molecular complexity index is 760. The fourth-order valence-electron chi connectivity index (χ4n) is 2.73. The Kier molecular flexibility index (Phi) is 5.59. The SMILES string of the molecule is CCN(C(=O)c1ccc(C)c(OC)c1)C(C)c1ccc(C#N)cc1. The average Bonchev–Trinajstić information content (AvgIpc) is 2.62. The molecule has 0 saturated heterocycles. The lowest BCUT2D eigenvalue weighted by molar-refractivity contribution is 0.0702. The Labute approximate surface area is 143 Å². The third-order valence-corrected chi connectivity index (χ3v) is 4.25. The van der Waals surface area contributed by atoms with E-state index in [1.807, 2.05) is 49.9 Å². The first-order valence-electron chi connectivity index (χ1n) is 7.97. The molecule has 0 saturated carbocycles. The van der Waals surface area contributed by atoms with E-state index >= 15 is 0 Å². The standard InChI is InChI=1S/C20H22N2O2/c1-5-22(15(3)17-10-7-16(13-21)8-11-17)20(23)18-9-6-14(2)19(12-18)24-4/h6-12,15H,5H2,1-4H3. The van der Waals surface area contributed by atoms with Crippen molar-refractivity contribution < 1.29 is 9.53 Å². The normalized spacial score (nSPS) is 11.5. The van der Waals surface area contributed by atoms with Crippen LogP contribution in [0.25, 0.3) is 0 Å². The van der Waals surface area contributed by atoms with E-state index in [0.29, 0.717) is 23.4 Å². The van der Waals surface area contributed by atoms with Crippen LogP contribution in [0.5, 0.6) is 5.75 Å². The van der Waals surface area contributed by atoms with Crippen LogP contribution in [0, 0.1) is 18.3 Å². The Morgan fingerprint density at radius 2 is 1.92 bits per heavy atom. The molecule has 4 heteroatoms. The van der Waals surface area contributed by atoms with Gasteiger partial charge in [0.1, 0.15) is 5.75 Å². The zero-order valence-corrected chi connectivity index (χ0v) is 14.5. The molecule has 0 aromatic heterocycles. The molecular formula is C20H22N2O2. The summed E-state index contributed by atoms with van der Waals surface area (Å²) in [5, 5.41) is 8.90. The quantitative estimate of drug-likeness (QED) is 0.833. The summed E-state index contributed by atoms with van der Waals surface area (Å²) < 4.78 is 5.32. The van der Waals surface area contributed by atoms with Crippen molar-refractivity contribution in [2.45, 2.75) is 26.8 Å². The molecule has 0 bridgehead atoms. The first kappa shape index (κ1) is 17.6. The molecule has 0 fully saturated rings. The minimum atomic E-state index is -0.0810. The second-order valence-electron chi connectivity index (χ2n) is 5.69. The number of methoxy groups -OCH3 is 1. The maximum atomic E-state index is 12.9. The number of hydrogen-bond acceptors (Lipinski definition) is 3. The van der Waals surface area contributed by atoms with Gasteiger partial charge in [-0.2, -0.15) is 5.26 Å². The molecule has 2 aromatic rings. The lowest BCUT2D eigenvalue weighted by Gasteiger charge is -2.29. The van der Waals surface area contributed by atoms with Crippen LogP contribution in [0.2, 0.25) is 0 Å². The number of aryl methyl sites for hydroxylation is 1.